The zero-order chi connectivity index (χ0) is 12.3. The molecule has 1 aliphatic rings. The van der Waals surface area contributed by atoms with Gasteiger partial charge in [0.15, 0.2) is 0 Å². The summed E-state index contributed by atoms with van der Waals surface area (Å²) in [5.74, 6) is 0.991. The Balaban J connectivity index is 1.90. The van der Waals surface area contributed by atoms with Crippen LogP contribution >= 0.6 is 0 Å². The van der Waals surface area contributed by atoms with E-state index in [0.717, 1.165) is 25.6 Å². The lowest BCUT2D eigenvalue weighted by Gasteiger charge is -2.22. The van der Waals surface area contributed by atoms with Crippen molar-refractivity contribution < 1.29 is 4.74 Å². The average molecular weight is 242 g/mol. The third-order valence-electron chi connectivity index (χ3n) is 3.70. The number of rotatable bonds is 9. The fourth-order valence-electron chi connectivity index (χ4n) is 2.57. The van der Waals surface area contributed by atoms with E-state index >= 15 is 0 Å². The van der Waals surface area contributed by atoms with E-state index in [0.29, 0.717) is 6.04 Å². The summed E-state index contributed by atoms with van der Waals surface area (Å²) in [5, 5.41) is 6.99. The molecule has 2 N–H and O–H groups in total. The minimum absolute atomic E-state index is 0.565. The van der Waals surface area contributed by atoms with Gasteiger partial charge in [0.25, 0.3) is 0 Å². The summed E-state index contributed by atoms with van der Waals surface area (Å²) in [6.07, 6.45) is 8.66. The van der Waals surface area contributed by atoms with Gasteiger partial charge in [-0.05, 0) is 25.8 Å². The Bertz CT molecular complexity index is 170. The molecule has 1 rings (SSSR count). The van der Waals surface area contributed by atoms with Crippen LogP contribution in [0.5, 0.6) is 0 Å². The van der Waals surface area contributed by atoms with Crippen molar-refractivity contribution in [2.75, 3.05) is 33.4 Å². The van der Waals surface area contributed by atoms with Crippen LogP contribution in [-0.2, 0) is 4.74 Å². The van der Waals surface area contributed by atoms with Crippen LogP contribution in [0.3, 0.4) is 0 Å². The normalized spacial score (nSPS) is 19.4. The summed E-state index contributed by atoms with van der Waals surface area (Å²) in [6, 6.07) is 0.565. The summed E-state index contributed by atoms with van der Waals surface area (Å²) < 4.78 is 5.00. The minimum atomic E-state index is 0.565. The average Bonchev–Trinajstić information content (AvgIpc) is 2.36. The molecule has 1 atom stereocenters. The number of nitrogens with one attached hydrogen (secondary N) is 2. The zero-order valence-corrected chi connectivity index (χ0v) is 11.6. The van der Waals surface area contributed by atoms with Crippen LogP contribution in [0.1, 0.15) is 45.4 Å². The molecule has 0 aromatic carbocycles. The quantitative estimate of drug-likeness (QED) is 0.608. The maximum Gasteiger partial charge on any atom is 0.0587 e. The van der Waals surface area contributed by atoms with Gasteiger partial charge in [-0.1, -0.05) is 32.1 Å². The largest absolute Gasteiger partial charge is 0.383 e. The number of ether oxygens (including phenoxy) is 1. The third kappa shape index (κ3) is 7.74. The Hall–Kier alpha value is -0.120. The highest BCUT2D eigenvalue weighted by atomic mass is 16.5. The van der Waals surface area contributed by atoms with Crippen LogP contribution in [0.2, 0.25) is 0 Å². The van der Waals surface area contributed by atoms with Gasteiger partial charge in [0.2, 0.25) is 0 Å². The van der Waals surface area contributed by atoms with E-state index in [1.165, 1.54) is 45.1 Å². The van der Waals surface area contributed by atoms with Crippen LogP contribution in [0, 0.1) is 5.92 Å². The van der Waals surface area contributed by atoms with E-state index < -0.39 is 0 Å². The number of hydrogen-bond donors (Lipinski definition) is 2. The summed E-state index contributed by atoms with van der Waals surface area (Å²) in [7, 11) is 1.74. The molecule has 17 heavy (non-hydrogen) atoms. The molecule has 0 bridgehead atoms. The van der Waals surface area contributed by atoms with E-state index in [9.17, 15) is 0 Å². The van der Waals surface area contributed by atoms with E-state index in [1.54, 1.807) is 7.11 Å². The lowest BCUT2D eigenvalue weighted by molar-refractivity contribution is 0.198. The topological polar surface area (TPSA) is 33.3 Å². The molecule has 0 saturated heterocycles. The maximum absolute atomic E-state index is 5.00. The molecule has 0 aromatic rings. The highest BCUT2D eigenvalue weighted by molar-refractivity contribution is 4.69. The van der Waals surface area contributed by atoms with Gasteiger partial charge in [-0.3, -0.25) is 0 Å². The summed E-state index contributed by atoms with van der Waals surface area (Å²) in [5.41, 5.74) is 0. The van der Waals surface area contributed by atoms with Crippen LogP contribution < -0.4 is 10.6 Å². The predicted molar refractivity (Wildman–Crippen MR) is 73.4 cm³/mol. The molecule has 0 heterocycles. The molecule has 0 aliphatic heterocycles. The Morgan fingerprint density at radius 2 is 1.94 bits per heavy atom. The van der Waals surface area contributed by atoms with Crippen molar-refractivity contribution in [3.05, 3.63) is 0 Å². The Labute approximate surface area is 107 Å². The molecule has 1 fully saturated rings. The molecule has 1 saturated carbocycles. The molecule has 102 valence electrons. The molecule has 1 aliphatic carbocycles. The lowest BCUT2D eigenvalue weighted by Crippen LogP contribution is -2.38. The zero-order valence-electron chi connectivity index (χ0n) is 11.6. The van der Waals surface area contributed by atoms with Crippen LogP contribution in [0.15, 0.2) is 0 Å². The van der Waals surface area contributed by atoms with Crippen molar-refractivity contribution in [2.45, 2.75) is 51.5 Å². The number of methoxy groups -OCH3 is 1. The molecule has 0 spiro atoms. The second-order valence-electron chi connectivity index (χ2n) is 5.34. The van der Waals surface area contributed by atoms with Gasteiger partial charge in [0.1, 0.15) is 0 Å². The Morgan fingerprint density at radius 3 is 2.65 bits per heavy atom. The summed E-state index contributed by atoms with van der Waals surface area (Å²) >= 11 is 0. The van der Waals surface area contributed by atoms with Gasteiger partial charge in [0, 0.05) is 26.2 Å². The van der Waals surface area contributed by atoms with Gasteiger partial charge in [-0.2, -0.15) is 0 Å². The first-order valence-electron chi connectivity index (χ1n) is 7.26. The fraction of sp³-hybridized carbons (Fsp3) is 1.00. The van der Waals surface area contributed by atoms with Crippen molar-refractivity contribution in [3.63, 3.8) is 0 Å². The van der Waals surface area contributed by atoms with Gasteiger partial charge >= 0.3 is 0 Å². The van der Waals surface area contributed by atoms with Crippen LogP contribution in [-0.4, -0.2) is 39.4 Å². The Morgan fingerprint density at radius 1 is 1.18 bits per heavy atom. The fourth-order valence-corrected chi connectivity index (χ4v) is 2.57. The van der Waals surface area contributed by atoms with E-state index in [4.69, 9.17) is 4.74 Å². The van der Waals surface area contributed by atoms with Gasteiger partial charge in [-0.15, -0.1) is 0 Å². The molecule has 0 radical (unpaired) electrons. The lowest BCUT2D eigenvalue weighted by atomic mass is 9.87. The second kappa shape index (κ2) is 9.86. The maximum atomic E-state index is 5.00. The monoisotopic (exact) mass is 242 g/mol. The molecule has 3 heteroatoms. The summed E-state index contributed by atoms with van der Waals surface area (Å²) in [4.78, 5) is 0. The van der Waals surface area contributed by atoms with Crippen molar-refractivity contribution in [1.29, 1.82) is 0 Å². The van der Waals surface area contributed by atoms with Gasteiger partial charge in [-0.25, -0.2) is 0 Å². The summed E-state index contributed by atoms with van der Waals surface area (Å²) in [6.45, 7) is 6.21. The highest BCUT2D eigenvalue weighted by Crippen LogP contribution is 2.25. The van der Waals surface area contributed by atoms with Crippen molar-refractivity contribution in [1.82, 2.24) is 10.6 Å². The smallest absolute Gasteiger partial charge is 0.0587 e. The van der Waals surface area contributed by atoms with Crippen LogP contribution in [0.25, 0.3) is 0 Å². The predicted octanol–water partition coefficient (Wildman–Crippen LogP) is 2.17. The van der Waals surface area contributed by atoms with E-state index in [1.807, 2.05) is 0 Å². The van der Waals surface area contributed by atoms with Gasteiger partial charge in [0.05, 0.1) is 6.61 Å². The first kappa shape index (κ1) is 14.9. The highest BCUT2D eigenvalue weighted by Gasteiger charge is 2.12. The molecular weight excluding hydrogens is 212 g/mol. The first-order valence-corrected chi connectivity index (χ1v) is 7.26. The molecule has 0 aromatic heterocycles. The minimum Gasteiger partial charge on any atom is -0.383 e. The van der Waals surface area contributed by atoms with Crippen molar-refractivity contribution in [2.24, 2.45) is 5.92 Å². The van der Waals surface area contributed by atoms with Crippen molar-refractivity contribution >= 4 is 0 Å². The first-order chi connectivity index (χ1) is 8.33. The SMILES string of the molecule is COCCNCC(C)NCCC1CCCCC1. The standard InChI is InChI=1S/C14H30N2O/c1-13(12-15-10-11-17-2)16-9-8-14-6-4-3-5-7-14/h13-16H,3-12H2,1-2H3. The van der Waals surface area contributed by atoms with Crippen LogP contribution in [0.4, 0.5) is 0 Å². The molecule has 1 unspecified atom stereocenters. The van der Waals surface area contributed by atoms with Gasteiger partial charge < -0.3 is 15.4 Å². The molecule has 3 nitrogen and oxygen atoms in total. The third-order valence-corrected chi connectivity index (χ3v) is 3.70. The molecular formula is C14H30N2O. The Kier molecular flexibility index (Phi) is 8.67. The van der Waals surface area contributed by atoms with E-state index in [2.05, 4.69) is 17.6 Å². The van der Waals surface area contributed by atoms with E-state index in [-0.39, 0.29) is 0 Å². The molecule has 0 amide bonds. The van der Waals surface area contributed by atoms with Crippen molar-refractivity contribution in [3.8, 4) is 0 Å². The number of hydrogen-bond acceptors (Lipinski definition) is 3. The second-order valence-corrected chi connectivity index (χ2v) is 5.34.